The van der Waals surface area contributed by atoms with Gasteiger partial charge in [0.1, 0.15) is 0 Å². The van der Waals surface area contributed by atoms with Crippen LogP contribution in [0.3, 0.4) is 0 Å². The lowest BCUT2D eigenvalue weighted by atomic mass is 10.1. The average Bonchev–Trinajstić information content (AvgIpc) is 2.53. The van der Waals surface area contributed by atoms with Crippen LogP contribution in [0.5, 0.6) is 0 Å². The molecule has 0 saturated carbocycles. The molecule has 0 aliphatic rings. The number of anilines is 1. The van der Waals surface area contributed by atoms with E-state index in [9.17, 15) is 9.59 Å². The monoisotopic (exact) mass is 308 g/mol. The number of carbonyl (C=O) groups excluding carboxylic acids is 2. The largest absolute Gasteiger partial charge is 0.452 e. The molecule has 5 nitrogen and oxygen atoms in total. The third-order valence-electron chi connectivity index (χ3n) is 3.23. The highest BCUT2D eigenvalue weighted by Gasteiger charge is 2.12. The highest BCUT2D eigenvalue weighted by molar-refractivity contribution is 5.96. The molecule has 0 aromatic heterocycles. The van der Waals surface area contributed by atoms with Crippen molar-refractivity contribution in [3.05, 3.63) is 64.7 Å². The van der Waals surface area contributed by atoms with Gasteiger partial charge in [-0.05, 0) is 49.7 Å². The lowest BCUT2D eigenvalue weighted by Gasteiger charge is -2.08. The van der Waals surface area contributed by atoms with Crippen molar-refractivity contribution in [3.8, 4) is 6.07 Å². The predicted molar refractivity (Wildman–Crippen MR) is 86.0 cm³/mol. The van der Waals surface area contributed by atoms with Crippen molar-refractivity contribution in [2.45, 2.75) is 13.8 Å². The Labute approximate surface area is 134 Å². The standard InChI is InChI=1S/C18H16N2O3/c1-12-3-8-16(13(2)9-12)18(22)23-11-17(21)20-15-6-4-14(10-19)5-7-15/h3-9H,11H2,1-2H3,(H,20,21). The van der Waals surface area contributed by atoms with E-state index in [1.807, 2.05) is 32.0 Å². The van der Waals surface area contributed by atoms with E-state index in [0.717, 1.165) is 11.1 Å². The molecule has 0 unspecified atom stereocenters. The number of hydrogen-bond donors (Lipinski definition) is 1. The summed E-state index contributed by atoms with van der Waals surface area (Å²) in [6, 6.07) is 13.8. The number of nitrogens with one attached hydrogen (secondary N) is 1. The molecule has 0 radical (unpaired) electrons. The molecular weight excluding hydrogens is 292 g/mol. The molecular formula is C18H16N2O3. The maximum atomic E-state index is 12.0. The van der Waals surface area contributed by atoms with Crippen molar-refractivity contribution in [1.29, 1.82) is 5.26 Å². The molecule has 1 N–H and O–H groups in total. The highest BCUT2D eigenvalue weighted by Crippen LogP contribution is 2.12. The number of nitrogens with zero attached hydrogens (tertiary/aromatic N) is 1. The first-order valence-electron chi connectivity index (χ1n) is 7.04. The van der Waals surface area contributed by atoms with E-state index in [2.05, 4.69) is 5.32 Å². The normalized spacial score (nSPS) is 9.78. The SMILES string of the molecule is Cc1ccc(C(=O)OCC(=O)Nc2ccc(C#N)cc2)c(C)c1. The Balaban J connectivity index is 1.90. The summed E-state index contributed by atoms with van der Waals surface area (Å²) in [5.41, 5.74) is 3.35. The number of nitriles is 1. The summed E-state index contributed by atoms with van der Waals surface area (Å²) in [7, 11) is 0. The minimum Gasteiger partial charge on any atom is -0.452 e. The Bertz CT molecular complexity index is 774. The molecule has 2 aromatic rings. The smallest absolute Gasteiger partial charge is 0.338 e. The van der Waals surface area contributed by atoms with Gasteiger partial charge in [0, 0.05) is 5.69 Å². The van der Waals surface area contributed by atoms with Crippen molar-refractivity contribution in [3.63, 3.8) is 0 Å². The zero-order valence-electron chi connectivity index (χ0n) is 12.9. The van der Waals surface area contributed by atoms with Gasteiger partial charge in [-0.2, -0.15) is 5.26 Å². The molecule has 0 saturated heterocycles. The van der Waals surface area contributed by atoms with Crippen LogP contribution in [0, 0.1) is 25.2 Å². The van der Waals surface area contributed by atoms with Gasteiger partial charge in [-0.3, -0.25) is 4.79 Å². The summed E-state index contributed by atoms with van der Waals surface area (Å²) < 4.78 is 5.02. The Morgan fingerprint density at radius 2 is 1.83 bits per heavy atom. The van der Waals surface area contributed by atoms with Crippen LogP contribution in [0.15, 0.2) is 42.5 Å². The molecule has 23 heavy (non-hydrogen) atoms. The fraction of sp³-hybridized carbons (Fsp3) is 0.167. The van der Waals surface area contributed by atoms with Crippen molar-refractivity contribution >= 4 is 17.6 Å². The summed E-state index contributed by atoms with van der Waals surface area (Å²) in [6.45, 7) is 3.39. The second-order valence-corrected chi connectivity index (χ2v) is 5.13. The molecule has 1 amide bonds. The van der Waals surface area contributed by atoms with E-state index in [-0.39, 0.29) is 6.61 Å². The van der Waals surface area contributed by atoms with Crippen molar-refractivity contribution < 1.29 is 14.3 Å². The summed E-state index contributed by atoms with van der Waals surface area (Å²) in [4.78, 5) is 23.8. The van der Waals surface area contributed by atoms with E-state index in [1.165, 1.54) is 0 Å². The topological polar surface area (TPSA) is 79.2 Å². The highest BCUT2D eigenvalue weighted by atomic mass is 16.5. The number of benzene rings is 2. The number of amides is 1. The zero-order valence-corrected chi connectivity index (χ0v) is 12.9. The maximum Gasteiger partial charge on any atom is 0.338 e. The van der Waals surface area contributed by atoms with Gasteiger partial charge in [0.15, 0.2) is 6.61 Å². The molecule has 0 bridgehead atoms. The first-order valence-corrected chi connectivity index (χ1v) is 7.04. The van der Waals surface area contributed by atoms with Crippen LogP contribution in [-0.4, -0.2) is 18.5 Å². The summed E-state index contributed by atoms with van der Waals surface area (Å²) >= 11 is 0. The first kappa shape index (κ1) is 16.2. The van der Waals surface area contributed by atoms with Crippen molar-refractivity contribution in [2.75, 3.05) is 11.9 Å². The summed E-state index contributed by atoms with van der Waals surface area (Å²) in [6.07, 6.45) is 0. The molecule has 5 heteroatoms. The van der Waals surface area contributed by atoms with Crippen LogP contribution in [0.1, 0.15) is 27.0 Å². The molecule has 0 aliphatic carbocycles. The number of ether oxygens (including phenoxy) is 1. The van der Waals surface area contributed by atoms with Crippen LogP contribution in [0.2, 0.25) is 0 Å². The second kappa shape index (κ2) is 7.23. The number of aryl methyl sites for hydroxylation is 2. The Hall–Kier alpha value is -3.13. The van der Waals surface area contributed by atoms with Crippen LogP contribution >= 0.6 is 0 Å². The lowest BCUT2D eigenvalue weighted by molar-refractivity contribution is -0.119. The fourth-order valence-corrected chi connectivity index (χ4v) is 2.08. The first-order chi connectivity index (χ1) is 11.0. The molecule has 116 valence electrons. The van der Waals surface area contributed by atoms with E-state index >= 15 is 0 Å². The number of rotatable bonds is 4. The van der Waals surface area contributed by atoms with E-state index in [0.29, 0.717) is 16.8 Å². The maximum absolute atomic E-state index is 12.0. The molecule has 0 atom stereocenters. The zero-order chi connectivity index (χ0) is 16.8. The average molecular weight is 308 g/mol. The molecule has 2 rings (SSSR count). The minimum absolute atomic E-state index is 0.369. The molecule has 2 aromatic carbocycles. The van der Waals surface area contributed by atoms with E-state index in [4.69, 9.17) is 10.00 Å². The quantitative estimate of drug-likeness (QED) is 0.881. The Morgan fingerprint density at radius 3 is 2.43 bits per heavy atom. The van der Waals surface area contributed by atoms with Gasteiger partial charge in [-0.15, -0.1) is 0 Å². The molecule has 0 fully saturated rings. The molecule has 0 aliphatic heterocycles. The predicted octanol–water partition coefficient (Wildman–Crippen LogP) is 2.97. The van der Waals surface area contributed by atoms with Gasteiger partial charge in [-0.1, -0.05) is 17.7 Å². The number of hydrogen-bond acceptors (Lipinski definition) is 4. The minimum atomic E-state index is -0.530. The fourth-order valence-electron chi connectivity index (χ4n) is 2.08. The summed E-state index contributed by atoms with van der Waals surface area (Å²) in [5.74, 6) is -0.967. The Kier molecular flexibility index (Phi) is 5.11. The van der Waals surface area contributed by atoms with Crippen LogP contribution in [0.4, 0.5) is 5.69 Å². The number of esters is 1. The van der Waals surface area contributed by atoms with Gasteiger partial charge >= 0.3 is 5.97 Å². The molecule has 0 heterocycles. The summed E-state index contributed by atoms with van der Waals surface area (Å²) in [5, 5.41) is 11.3. The third kappa shape index (κ3) is 4.42. The molecule has 0 spiro atoms. The van der Waals surface area contributed by atoms with Crippen LogP contribution < -0.4 is 5.32 Å². The lowest BCUT2D eigenvalue weighted by Crippen LogP contribution is -2.21. The number of carbonyl (C=O) groups is 2. The van der Waals surface area contributed by atoms with Gasteiger partial charge in [0.05, 0.1) is 17.2 Å². The van der Waals surface area contributed by atoms with Gasteiger partial charge in [0.2, 0.25) is 0 Å². The van der Waals surface area contributed by atoms with Crippen molar-refractivity contribution in [1.82, 2.24) is 0 Å². The van der Waals surface area contributed by atoms with E-state index in [1.54, 1.807) is 30.3 Å². The Morgan fingerprint density at radius 1 is 1.13 bits per heavy atom. The van der Waals surface area contributed by atoms with Crippen molar-refractivity contribution in [2.24, 2.45) is 0 Å². The van der Waals surface area contributed by atoms with Gasteiger partial charge in [-0.25, -0.2) is 4.79 Å². The van der Waals surface area contributed by atoms with E-state index < -0.39 is 11.9 Å². The third-order valence-corrected chi connectivity index (χ3v) is 3.23. The van der Waals surface area contributed by atoms with Crippen LogP contribution in [-0.2, 0) is 9.53 Å². The second-order valence-electron chi connectivity index (χ2n) is 5.13. The van der Waals surface area contributed by atoms with Crippen LogP contribution in [0.25, 0.3) is 0 Å². The van der Waals surface area contributed by atoms with Gasteiger partial charge in [0.25, 0.3) is 5.91 Å². The van der Waals surface area contributed by atoms with Gasteiger partial charge < -0.3 is 10.1 Å².